The molecule has 1 aromatic carbocycles. The second-order valence-corrected chi connectivity index (χ2v) is 5.45. The highest BCUT2D eigenvalue weighted by Crippen LogP contribution is 2.29. The molecule has 1 aromatic heterocycles. The summed E-state index contributed by atoms with van der Waals surface area (Å²) >= 11 is 0. The fourth-order valence-electron chi connectivity index (χ4n) is 3.00. The molecule has 0 radical (unpaired) electrons. The first-order valence-corrected chi connectivity index (χ1v) is 7.58. The number of hydrogen-bond acceptors (Lipinski definition) is 4. The van der Waals surface area contributed by atoms with Crippen LogP contribution in [0.25, 0.3) is 10.8 Å². The van der Waals surface area contributed by atoms with Gasteiger partial charge in [-0.25, -0.2) is 0 Å². The third kappa shape index (κ3) is 2.61. The fraction of sp³-hybridized carbons (Fsp3) is 0.500. The Morgan fingerprint density at radius 3 is 3.15 bits per heavy atom. The molecule has 1 saturated heterocycles. The zero-order valence-corrected chi connectivity index (χ0v) is 12.0. The van der Waals surface area contributed by atoms with E-state index in [1.807, 2.05) is 6.20 Å². The van der Waals surface area contributed by atoms with Gasteiger partial charge in [-0.05, 0) is 25.8 Å². The normalized spacial score (nSPS) is 18.9. The van der Waals surface area contributed by atoms with Crippen LogP contribution < -0.4 is 10.2 Å². The van der Waals surface area contributed by atoms with Crippen LogP contribution in [0.15, 0.2) is 30.5 Å². The summed E-state index contributed by atoms with van der Waals surface area (Å²) < 4.78 is 0. The van der Waals surface area contributed by atoms with Crippen molar-refractivity contribution in [2.45, 2.75) is 32.2 Å². The van der Waals surface area contributed by atoms with Gasteiger partial charge in [0.25, 0.3) is 0 Å². The molecule has 0 amide bonds. The van der Waals surface area contributed by atoms with Crippen LogP contribution in [-0.2, 0) is 0 Å². The minimum Gasteiger partial charge on any atom is -0.350 e. The number of nitrogens with zero attached hydrogens (tertiary/aromatic N) is 3. The predicted molar refractivity (Wildman–Crippen MR) is 83.1 cm³/mol. The number of rotatable bonds is 5. The van der Waals surface area contributed by atoms with E-state index in [1.54, 1.807) is 0 Å². The lowest BCUT2D eigenvalue weighted by Crippen LogP contribution is -2.38. The van der Waals surface area contributed by atoms with Gasteiger partial charge < -0.3 is 10.2 Å². The maximum absolute atomic E-state index is 4.42. The van der Waals surface area contributed by atoms with Crippen molar-refractivity contribution in [1.29, 1.82) is 0 Å². The second kappa shape index (κ2) is 6.18. The summed E-state index contributed by atoms with van der Waals surface area (Å²) in [6, 6.07) is 8.93. The Kier molecular flexibility index (Phi) is 4.11. The lowest BCUT2D eigenvalue weighted by molar-refractivity contribution is 0.568. The maximum atomic E-state index is 4.42. The third-order valence-corrected chi connectivity index (χ3v) is 4.01. The van der Waals surface area contributed by atoms with Crippen LogP contribution in [0.3, 0.4) is 0 Å². The standard InChI is InChI=1S/C16H22N4/c1-2-9-17-12-14-7-5-10-20(14)16-15-8-4-3-6-13(15)11-18-19-16/h3-4,6,8,11,14,17H,2,5,7,9-10,12H2,1H3. The van der Waals surface area contributed by atoms with E-state index in [9.17, 15) is 0 Å². The molecule has 1 aliphatic rings. The number of anilines is 1. The Morgan fingerprint density at radius 2 is 2.25 bits per heavy atom. The first-order valence-electron chi connectivity index (χ1n) is 7.58. The summed E-state index contributed by atoms with van der Waals surface area (Å²) in [4.78, 5) is 2.43. The van der Waals surface area contributed by atoms with Gasteiger partial charge in [0.15, 0.2) is 5.82 Å². The molecule has 1 unspecified atom stereocenters. The molecule has 4 heteroatoms. The molecule has 20 heavy (non-hydrogen) atoms. The quantitative estimate of drug-likeness (QED) is 0.848. The fourth-order valence-corrected chi connectivity index (χ4v) is 3.00. The largest absolute Gasteiger partial charge is 0.350 e. The SMILES string of the molecule is CCCNCC1CCCN1c1nncc2ccccc12. The van der Waals surface area contributed by atoms with Crippen molar-refractivity contribution < 1.29 is 0 Å². The Bertz CT molecular complexity index is 564. The van der Waals surface area contributed by atoms with Crippen LogP contribution in [0.2, 0.25) is 0 Å². The van der Waals surface area contributed by atoms with Crippen molar-refractivity contribution in [2.24, 2.45) is 0 Å². The Hall–Kier alpha value is -1.68. The number of benzene rings is 1. The molecular formula is C16H22N4. The van der Waals surface area contributed by atoms with Crippen molar-refractivity contribution in [3.8, 4) is 0 Å². The van der Waals surface area contributed by atoms with E-state index >= 15 is 0 Å². The molecule has 1 aliphatic heterocycles. The molecule has 0 saturated carbocycles. The summed E-state index contributed by atoms with van der Waals surface area (Å²) in [5, 5.41) is 14.5. The number of aromatic nitrogens is 2. The van der Waals surface area contributed by atoms with E-state index in [0.29, 0.717) is 6.04 Å². The van der Waals surface area contributed by atoms with Gasteiger partial charge in [0.05, 0.1) is 6.20 Å². The maximum Gasteiger partial charge on any atom is 0.159 e. The monoisotopic (exact) mass is 270 g/mol. The third-order valence-electron chi connectivity index (χ3n) is 4.01. The molecule has 1 atom stereocenters. The molecule has 3 rings (SSSR count). The highest BCUT2D eigenvalue weighted by Gasteiger charge is 2.26. The average molecular weight is 270 g/mol. The minimum atomic E-state index is 0.543. The smallest absolute Gasteiger partial charge is 0.159 e. The number of fused-ring (bicyclic) bond motifs is 1. The highest BCUT2D eigenvalue weighted by atomic mass is 15.3. The molecule has 2 heterocycles. The van der Waals surface area contributed by atoms with E-state index in [-0.39, 0.29) is 0 Å². The highest BCUT2D eigenvalue weighted by molar-refractivity contribution is 5.91. The molecule has 106 valence electrons. The van der Waals surface area contributed by atoms with Crippen LogP contribution in [0.5, 0.6) is 0 Å². The molecule has 2 aromatic rings. The first-order chi connectivity index (χ1) is 9.90. The van der Waals surface area contributed by atoms with Gasteiger partial charge in [-0.15, -0.1) is 5.10 Å². The van der Waals surface area contributed by atoms with Crippen LogP contribution in [0, 0.1) is 0 Å². The number of nitrogens with one attached hydrogen (secondary N) is 1. The molecule has 0 aliphatic carbocycles. The van der Waals surface area contributed by atoms with Crippen LogP contribution in [0.4, 0.5) is 5.82 Å². The van der Waals surface area contributed by atoms with Crippen molar-refractivity contribution in [3.63, 3.8) is 0 Å². The molecule has 1 fully saturated rings. The van der Waals surface area contributed by atoms with Crippen LogP contribution >= 0.6 is 0 Å². The molecular weight excluding hydrogens is 248 g/mol. The van der Waals surface area contributed by atoms with Gasteiger partial charge in [-0.2, -0.15) is 5.10 Å². The van der Waals surface area contributed by atoms with E-state index in [0.717, 1.165) is 25.5 Å². The van der Waals surface area contributed by atoms with Crippen molar-refractivity contribution in [3.05, 3.63) is 30.5 Å². The van der Waals surface area contributed by atoms with Crippen molar-refractivity contribution in [2.75, 3.05) is 24.5 Å². The van der Waals surface area contributed by atoms with Gasteiger partial charge in [-0.3, -0.25) is 0 Å². The van der Waals surface area contributed by atoms with E-state index in [1.165, 1.54) is 30.0 Å². The second-order valence-electron chi connectivity index (χ2n) is 5.45. The summed E-state index contributed by atoms with van der Waals surface area (Å²) in [5.41, 5.74) is 0. The average Bonchev–Trinajstić information content (AvgIpc) is 2.95. The first kappa shape index (κ1) is 13.3. The molecule has 1 N–H and O–H groups in total. The van der Waals surface area contributed by atoms with Gasteiger partial charge in [0.1, 0.15) is 0 Å². The van der Waals surface area contributed by atoms with Gasteiger partial charge in [0, 0.05) is 29.9 Å². The minimum absolute atomic E-state index is 0.543. The summed E-state index contributed by atoms with van der Waals surface area (Å²) in [6.07, 6.45) is 5.50. The van der Waals surface area contributed by atoms with Gasteiger partial charge in [-0.1, -0.05) is 31.2 Å². The molecule has 0 bridgehead atoms. The lowest BCUT2D eigenvalue weighted by atomic mass is 10.1. The van der Waals surface area contributed by atoms with Crippen LogP contribution in [-0.4, -0.2) is 35.9 Å². The zero-order chi connectivity index (χ0) is 13.8. The molecule has 4 nitrogen and oxygen atoms in total. The van der Waals surface area contributed by atoms with Crippen LogP contribution in [0.1, 0.15) is 26.2 Å². The summed E-state index contributed by atoms with van der Waals surface area (Å²) in [7, 11) is 0. The number of hydrogen-bond donors (Lipinski definition) is 1. The lowest BCUT2D eigenvalue weighted by Gasteiger charge is -2.26. The van der Waals surface area contributed by atoms with Crippen molar-refractivity contribution >= 4 is 16.6 Å². The van der Waals surface area contributed by atoms with E-state index < -0.39 is 0 Å². The van der Waals surface area contributed by atoms with Gasteiger partial charge >= 0.3 is 0 Å². The predicted octanol–water partition coefficient (Wildman–Crippen LogP) is 2.60. The van der Waals surface area contributed by atoms with E-state index in [4.69, 9.17) is 0 Å². The van der Waals surface area contributed by atoms with Gasteiger partial charge in [0.2, 0.25) is 0 Å². The summed E-state index contributed by atoms with van der Waals surface area (Å²) in [5.74, 6) is 1.05. The Labute approximate surface area is 120 Å². The molecule has 0 spiro atoms. The summed E-state index contributed by atoms with van der Waals surface area (Å²) in [6.45, 7) is 5.42. The van der Waals surface area contributed by atoms with E-state index in [2.05, 4.69) is 51.6 Å². The zero-order valence-electron chi connectivity index (χ0n) is 12.0. The Balaban J connectivity index is 1.86. The van der Waals surface area contributed by atoms with Crippen molar-refractivity contribution in [1.82, 2.24) is 15.5 Å². The topological polar surface area (TPSA) is 41.0 Å². The Morgan fingerprint density at radius 1 is 1.35 bits per heavy atom.